The van der Waals surface area contributed by atoms with E-state index < -0.39 is 12.0 Å². The number of hydrogen-bond donors (Lipinski definition) is 1. The lowest BCUT2D eigenvalue weighted by Gasteiger charge is -2.20. The van der Waals surface area contributed by atoms with Gasteiger partial charge in [0.25, 0.3) is 0 Å². The van der Waals surface area contributed by atoms with Crippen molar-refractivity contribution in [1.82, 2.24) is 20.1 Å². The average Bonchev–Trinajstić information content (AvgIpc) is 2.91. The molecule has 1 unspecified atom stereocenters. The van der Waals surface area contributed by atoms with Gasteiger partial charge in [-0.05, 0) is 72.9 Å². The van der Waals surface area contributed by atoms with Crippen molar-refractivity contribution in [2.24, 2.45) is 0 Å². The van der Waals surface area contributed by atoms with Crippen molar-refractivity contribution in [2.45, 2.75) is 79.8 Å². The molecular weight excluding hydrogens is 356 g/mol. The quantitative estimate of drug-likeness (QED) is 0.769. The zero-order chi connectivity index (χ0) is 21.2. The maximum atomic E-state index is 12.3. The molecule has 0 saturated carbocycles. The van der Waals surface area contributed by atoms with Crippen LogP contribution < -0.4 is 5.32 Å². The molecule has 2 rings (SSSR count). The summed E-state index contributed by atoms with van der Waals surface area (Å²) >= 11 is 0. The fraction of sp³-hybridized carbons (Fsp3) is 0.619. The Bertz CT molecular complexity index is 893. The molecule has 0 aliphatic heterocycles. The number of esters is 1. The molecule has 0 bridgehead atoms. The first-order chi connectivity index (χ1) is 13.0. The van der Waals surface area contributed by atoms with Crippen LogP contribution in [0.2, 0.25) is 0 Å². The number of hydrogen-bond acceptors (Lipinski definition) is 5. The summed E-state index contributed by atoms with van der Waals surface area (Å²) in [5.74, 6) is -0.599. The van der Waals surface area contributed by atoms with Crippen LogP contribution in [0.15, 0.2) is 0 Å². The van der Waals surface area contributed by atoms with Gasteiger partial charge in [-0.25, -0.2) is 14.5 Å². The molecule has 0 radical (unpaired) electrons. The minimum Gasteiger partial charge on any atom is -0.464 e. The van der Waals surface area contributed by atoms with Crippen LogP contribution in [-0.4, -0.2) is 39.3 Å². The van der Waals surface area contributed by atoms with E-state index in [-0.39, 0.29) is 17.9 Å². The highest BCUT2D eigenvalue weighted by Crippen LogP contribution is 2.29. The van der Waals surface area contributed by atoms with Gasteiger partial charge in [0.1, 0.15) is 6.04 Å². The first-order valence-corrected chi connectivity index (χ1v) is 9.79. The molecule has 0 spiro atoms. The van der Waals surface area contributed by atoms with Gasteiger partial charge in [0.15, 0.2) is 5.65 Å². The number of ether oxygens (including phenoxy) is 1. The molecule has 7 heteroatoms. The number of nitrogens with one attached hydrogen (secondary N) is 1. The van der Waals surface area contributed by atoms with Gasteiger partial charge in [-0.3, -0.25) is 4.79 Å². The smallest absolute Gasteiger partial charge is 0.328 e. The number of carbonyl (C=O) groups excluding carboxylic acids is 2. The van der Waals surface area contributed by atoms with Crippen LogP contribution in [0, 0.1) is 20.8 Å². The van der Waals surface area contributed by atoms with Gasteiger partial charge < -0.3 is 10.1 Å². The standard InChI is InChI=1S/C21H32N4O3/c1-9-28-20(27)15(5)22-17(26)11-10-16-12(2)18-14(4)24-25(21(6,7)8)19(18)23-13(16)3/h15H,9-11H2,1-8H3,(H,22,26). The van der Waals surface area contributed by atoms with Gasteiger partial charge in [-0.15, -0.1) is 0 Å². The summed E-state index contributed by atoms with van der Waals surface area (Å²) in [6.45, 7) is 16.0. The Morgan fingerprint density at radius 3 is 2.39 bits per heavy atom. The Balaban J connectivity index is 2.23. The van der Waals surface area contributed by atoms with Gasteiger partial charge in [-0.1, -0.05) is 0 Å². The summed E-state index contributed by atoms with van der Waals surface area (Å²) in [4.78, 5) is 28.8. The second-order valence-corrected chi connectivity index (χ2v) is 8.21. The average molecular weight is 389 g/mol. The molecule has 0 fully saturated rings. The van der Waals surface area contributed by atoms with Crippen LogP contribution in [-0.2, 0) is 26.3 Å². The zero-order valence-electron chi connectivity index (χ0n) is 18.3. The number of fused-ring (bicyclic) bond motifs is 1. The third kappa shape index (κ3) is 4.51. The maximum absolute atomic E-state index is 12.3. The second-order valence-electron chi connectivity index (χ2n) is 8.21. The predicted molar refractivity (Wildman–Crippen MR) is 109 cm³/mol. The van der Waals surface area contributed by atoms with Crippen molar-refractivity contribution < 1.29 is 14.3 Å². The summed E-state index contributed by atoms with van der Waals surface area (Å²) in [5, 5.41) is 8.45. The SMILES string of the molecule is CCOC(=O)C(C)NC(=O)CCc1c(C)nc2c(c(C)nn2C(C)(C)C)c1C. The molecule has 2 heterocycles. The van der Waals surface area contributed by atoms with Gasteiger partial charge in [0, 0.05) is 17.5 Å². The highest BCUT2D eigenvalue weighted by molar-refractivity contribution is 5.85. The molecule has 2 aromatic heterocycles. The number of nitrogens with zero attached hydrogens (tertiary/aromatic N) is 3. The van der Waals surface area contributed by atoms with Crippen LogP contribution in [0.3, 0.4) is 0 Å². The molecule has 7 nitrogen and oxygen atoms in total. The number of aryl methyl sites for hydroxylation is 3. The summed E-state index contributed by atoms with van der Waals surface area (Å²) in [7, 11) is 0. The molecule has 0 saturated heterocycles. The second kappa shape index (κ2) is 8.29. The number of amides is 1. The third-order valence-electron chi connectivity index (χ3n) is 4.83. The molecule has 1 atom stereocenters. The molecule has 28 heavy (non-hydrogen) atoms. The number of carbonyl (C=O) groups is 2. The first-order valence-electron chi connectivity index (χ1n) is 9.79. The van der Waals surface area contributed by atoms with E-state index in [9.17, 15) is 9.59 Å². The Labute approximate surface area is 166 Å². The van der Waals surface area contributed by atoms with Gasteiger partial charge >= 0.3 is 5.97 Å². The van der Waals surface area contributed by atoms with Crippen molar-refractivity contribution >= 4 is 22.9 Å². The van der Waals surface area contributed by atoms with Crippen molar-refractivity contribution in [3.05, 3.63) is 22.5 Å². The molecule has 2 aromatic rings. The van der Waals surface area contributed by atoms with E-state index >= 15 is 0 Å². The van der Waals surface area contributed by atoms with E-state index in [1.807, 2.05) is 18.5 Å². The summed E-state index contributed by atoms with van der Waals surface area (Å²) in [5.41, 5.74) is 4.73. The Kier molecular flexibility index (Phi) is 6.47. The zero-order valence-corrected chi connectivity index (χ0v) is 18.3. The van der Waals surface area contributed by atoms with Crippen LogP contribution in [0.5, 0.6) is 0 Å². The fourth-order valence-corrected chi connectivity index (χ4v) is 3.42. The lowest BCUT2D eigenvalue weighted by molar-refractivity contribution is -0.146. The van der Waals surface area contributed by atoms with Crippen molar-refractivity contribution in [3.63, 3.8) is 0 Å². The Hall–Kier alpha value is -2.44. The highest BCUT2D eigenvalue weighted by Gasteiger charge is 2.23. The van der Waals surface area contributed by atoms with E-state index in [0.717, 1.165) is 33.5 Å². The Morgan fingerprint density at radius 2 is 1.82 bits per heavy atom. The van der Waals surface area contributed by atoms with E-state index in [1.165, 1.54) is 0 Å². The maximum Gasteiger partial charge on any atom is 0.328 e. The first kappa shape index (κ1) is 21.9. The van der Waals surface area contributed by atoms with Crippen LogP contribution in [0.25, 0.3) is 11.0 Å². The monoisotopic (exact) mass is 388 g/mol. The number of aromatic nitrogens is 3. The minimum atomic E-state index is -0.650. The lowest BCUT2D eigenvalue weighted by atomic mass is 9.99. The van der Waals surface area contributed by atoms with Crippen LogP contribution in [0.1, 0.15) is 63.6 Å². The van der Waals surface area contributed by atoms with E-state index in [2.05, 4.69) is 33.0 Å². The number of rotatable bonds is 6. The molecular formula is C21H32N4O3. The Morgan fingerprint density at radius 1 is 1.18 bits per heavy atom. The molecule has 0 aliphatic rings. The summed E-state index contributed by atoms with van der Waals surface area (Å²) < 4.78 is 6.89. The molecule has 154 valence electrons. The van der Waals surface area contributed by atoms with Gasteiger partial charge in [-0.2, -0.15) is 5.10 Å². The van der Waals surface area contributed by atoms with E-state index in [4.69, 9.17) is 14.8 Å². The molecule has 0 aromatic carbocycles. The highest BCUT2D eigenvalue weighted by atomic mass is 16.5. The molecule has 1 amide bonds. The topological polar surface area (TPSA) is 86.1 Å². The predicted octanol–water partition coefficient (Wildman–Crippen LogP) is 3.11. The van der Waals surface area contributed by atoms with E-state index in [1.54, 1.807) is 13.8 Å². The largest absolute Gasteiger partial charge is 0.464 e. The van der Waals surface area contributed by atoms with Crippen LogP contribution >= 0.6 is 0 Å². The minimum absolute atomic E-state index is 0.164. The fourth-order valence-electron chi connectivity index (χ4n) is 3.42. The number of pyridine rings is 1. The molecule has 1 N–H and O–H groups in total. The van der Waals surface area contributed by atoms with Crippen molar-refractivity contribution in [1.29, 1.82) is 0 Å². The normalized spacial score (nSPS) is 12.9. The van der Waals surface area contributed by atoms with Crippen molar-refractivity contribution in [2.75, 3.05) is 6.61 Å². The summed E-state index contributed by atoms with van der Waals surface area (Å²) in [6, 6.07) is -0.650. The third-order valence-corrected chi connectivity index (χ3v) is 4.83. The molecule has 0 aliphatic carbocycles. The lowest BCUT2D eigenvalue weighted by Crippen LogP contribution is -2.39. The van der Waals surface area contributed by atoms with E-state index in [0.29, 0.717) is 13.0 Å². The van der Waals surface area contributed by atoms with Crippen LogP contribution in [0.4, 0.5) is 0 Å². The van der Waals surface area contributed by atoms with Gasteiger partial charge in [0.05, 0.1) is 17.8 Å². The van der Waals surface area contributed by atoms with Gasteiger partial charge in [0.2, 0.25) is 5.91 Å². The summed E-state index contributed by atoms with van der Waals surface area (Å²) in [6.07, 6.45) is 0.840. The van der Waals surface area contributed by atoms with Crippen molar-refractivity contribution in [3.8, 4) is 0 Å².